The molecule has 0 fully saturated rings. The van der Waals surface area contributed by atoms with E-state index in [2.05, 4.69) is 20.4 Å². The average Bonchev–Trinajstić information content (AvgIpc) is 2.93. The number of aromatic nitrogens is 2. The number of nitrogens with zero attached hydrogens (tertiary/aromatic N) is 2. The highest BCUT2D eigenvalue weighted by Crippen LogP contribution is 2.22. The summed E-state index contributed by atoms with van der Waals surface area (Å²) in [6, 6.07) is -0.807. The number of alkyl carbamates (subject to hydrolysis) is 1. The van der Waals surface area contributed by atoms with Crippen molar-refractivity contribution in [1.29, 1.82) is 0 Å². The predicted octanol–water partition coefficient (Wildman–Crippen LogP) is 2.03. The van der Waals surface area contributed by atoms with Crippen LogP contribution in [0.25, 0.3) is 0 Å². The first kappa shape index (κ1) is 21.5. The van der Waals surface area contributed by atoms with Crippen molar-refractivity contribution in [3.63, 3.8) is 0 Å². The molecule has 0 aliphatic heterocycles. The van der Waals surface area contributed by atoms with Crippen LogP contribution >= 0.6 is 0 Å². The Kier molecular flexibility index (Phi) is 6.77. The molecule has 0 saturated heterocycles. The molecule has 9 heteroatoms. The minimum Gasteiger partial charge on any atom is -0.469 e. The molecule has 146 valence electrons. The van der Waals surface area contributed by atoms with Gasteiger partial charge in [-0.2, -0.15) is 0 Å². The second kappa shape index (κ2) is 8.20. The van der Waals surface area contributed by atoms with Crippen LogP contribution in [0.4, 0.5) is 10.6 Å². The summed E-state index contributed by atoms with van der Waals surface area (Å²) in [5.41, 5.74) is -1.21. The lowest BCUT2D eigenvalue weighted by atomic mass is 10.0. The molecule has 0 saturated carbocycles. The molecule has 1 heterocycles. The minimum atomic E-state index is -0.807. The number of imidazole rings is 1. The molecular formula is C17H28N4O5. The van der Waals surface area contributed by atoms with Crippen LogP contribution in [-0.2, 0) is 24.6 Å². The molecule has 0 aliphatic rings. The molecule has 1 atom stereocenters. The summed E-state index contributed by atoms with van der Waals surface area (Å²) in [6.45, 7) is 10.4. The molecule has 1 aromatic heterocycles. The summed E-state index contributed by atoms with van der Waals surface area (Å²) in [4.78, 5) is 39.5. The van der Waals surface area contributed by atoms with Crippen LogP contribution in [0.2, 0.25) is 0 Å². The summed E-state index contributed by atoms with van der Waals surface area (Å²) < 4.78 is 11.5. The predicted molar refractivity (Wildman–Crippen MR) is 95.6 cm³/mol. The fourth-order valence-corrected chi connectivity index (χ4v) is 2.02. The lowest BCUT2D eigenvalue weighted by Gasteiger charge is -2.24. The molecule has 9 nitrogen and oxygen atoms in total. The average molecular weight is 368 g/mol. The highest BCUT2D eigenvalue weighted by Gasteiger charge is 2.26. The third-order valence-corrected chi connectivity index (χ3v) is 3.46. The molecule has 2 N–H and O–H groups in total. The molecule has 0 aromatic carbocycles. The van der Waals surface area contributed by atoms with Crippen molar-refractivity contribution in [1.82, 2.24) is 14.9 Å². The number of anilines is 1. The zero-order valence-electron chi connectivity index (χ0n) is 16.4. The van der Waals surface area contributed by atoms with Crippen molar-refractivity contribution < 1.29 is 23.9 Å². The Bertz CT molecular complexity index is 660. The first-order chi connectivity index (χ1) is 11.8. The van der Waals surface area contributed by atoms with Crippen LogP contribution in [0.15, 0.2) is 12.5 Å². The molecule has 0 spiro atoms. The summed E-state index contributed by atoms with van der Waals surface area (Å²) in [5.74, 6) is -0.470. The van der Waals surface area contributed by atoms with Crippen molar-refractivity contribution in [2.45, 2.75) is 65.1 Å². The van der Waals surface area contributed by atoms with Gasteiger partial charge >= 0.3 is 12.1 Å². The summed E-state index contributed by atoms with van der Waals surface area (Å²) in [7, 11) is 1.33. The van der Waals surface area contributed by atoms with Gasteiger partial charge in [0.2, 0.25) is 5.91 Å². The molecule has 26 heavy (non-hydrogen) atoms. The van der Waals surface area contributed by atoms with Crippen molar-refractivity contribution >= 4 is 23.8 Å². The standard InChI is InChI=1S/C17H28N4O5/c1-11(19-15(24)26-16(2,3)4)14(23)20-12-9-21(10-18-12)17(5,6)8-13(22)25-7/h9-11H,8H2,1-7H3,(H,19,24)(H,20,23). The number of hydrogen-bond acceptors (Lipinski definition) is 6. The van der Waals surface area contributed by atoms with Gasteiger partial charge in [0.25, 0.3) is 0 Å². The highest BCUT2D eigenvalue weighted by molar-refractivity contribution is 5.95. The third-order valence-electron chi connectivity index (χ3n) is 3.46. The Morgan fingerprint density at radius 3 is 2.38 bits per heavy atom. The molecule has 0 aliphatic carbocycles. The Labute approximate surface area is 153 Å². The highest BCUT2D eigenvalue weighted by atomic mass is 16.6. The second-order valence-electron chi connectivity index (χ2n) is 7.59. The van der Waals surface area contributed by atoms with Gasteiger partial charge in [-0.05, 0) is 41.5 Å². The van der Waals surface area contributed by atoms with E-state index in [9.17, 15) is 14.4 Å². The summed E-state index contributed by atoms with van der Waals surface area (Å²) in [6.07, 6.45) is 2.61. The topological polar surface area (TPSA) is 112 Å². The van der Waals surface area contributed by atoms with Gasteiger partial charge < -0.3 is 24.7 Å². The quantitative estimate of drug-likeness (QED) is 0.743. The van der Waals surface area contributed by atoms with Crippen LogP contribution < -0.4 is 10.6 Å². The molecule has 0 bridgehead atoms. The summed E-state index contributed by atoms with van der Waals surface area (Å²) >= 11 is 0. The lowest BCUT2D eigenvalue weighted by Crippen LogP contribution is -2.44. The van der Waals surface area contributed by atoms with Gasteiger partial charge in [-0.15, -0.1) is 0 Å². The van der Waals surface area contributed by atoms with Crippen LogP contribution in [0.3, 0.4) is 0 Å². The second-order valence-corrected chi connectivity index (χ2v) is 7.59. The van der Waals surface area contributed by atoms with Crippen molar-refractivity contribution in [2.75, 3.05) is 12.4 Å². The lowest BCUT2D eigenvalue weighted by molar-refractivity contribution is -0.142. The molecule has 1 unspecified atom stereocenters. The monoisotopic (exact) mass is 368 g/mol. The Hall–Kier alpha value is -2.58. The first-order valence-corrected chi connectivity index (χ1v) is 8.26. The van der Waals surface area contributed by atoms with Gasteiger partial charge in [0.15, 0.2) is 5.82 Å². The first-order valence-electron chi connectivity index (χ1n) is 8.26. The fourth-order valence-electron chi connectivity index (χ4n) is 2.02. The van der Waals surface area contributed by atoms with Crippen molar-refractivity contribution in [3.8, 4) is 0 Å². The number of methoxy groups -OCH3 is 1. The van der Waals surface area contributed by atoms with Gasteiger partial charge in [-0.1, -0.05) is 0 Å². The third kappa shape index (κ3) is 6.73. The number of ether oxygens (including phenoxy) is 2. The van der Waals surface area contributed by atoms with E-state index in [1.165, 1.54) is 20.4 Å². The smallest absolute Gasteiger partial charge is 0.408 e. The number of esters is 1. The maximum atomic E-state index is 12.2. The maximum Gasteiger partial charge on any atom is 0.408 e. The van der Waals surface area contributed by atoms with Gasteiger partial charge in [0, 0.05) is 6.20 Å². The minimum absolute atomic E-state index is 0.157. The summed E-state index contributed by atoms with van der Waals surface area (Å²) in [5, 5.41) is 5.07. The zero-order chi connectivity index (χ0) is 20.1. The Balaban J connectivity index is 2.67. The number of rotatable bonds is 6. The number of carbonyl (C=O) groups is 3. The largest absolute Gasteiger partial charge is 0.469 e. The zero-order valence-corrected chi connectivity index (χ0v) is 16.4. The Morgan fingerprint density at radius 1 is 1.23 bits per heavy atom. The number of hydrogen-bond donors (Lipinski definition) is 2. The van der Waals surface area contributed by atoms with Crippen molar-refractivity contribution in [2.24, 2.45) is 0 Å². The maximum absolute atomic E-state index is 12.2. The fraction of sp³-hybridized carbons (Fsp3) is 0.647. The molecule has 1 rings (SSSR count). The van der Waals surface area contributed by atoms with Crippen LogP contribution in [0.5, 0.6) is 0 Å². The molecule has 0 radical (unpaired) electrons. The van der Waals surface area contributed by atoms with E-state index >= 15 is 0 Å². The van der Waals surface area contributed by atoms with E-state index in [0.717, 1.165) is 0 Å². The van der Waals surface area contributed by atoms with E-state index < -0.39 is 29.2 Å². The van der Waals surface area contributed by atoms with Crippen LogP contribution in [0, 0.1) is 0 Å². The van der Waals surface area contributed by atoms with Crippen LogP contribution in [-0.4, -0.2) is 46.3 Å². The molecular weight excluding hydrogens is 340 g/mol. The molecule has 1 aromatic rings. The van der Waals surface area contributed by atoms with E-state index in [4.69, 9.17) is 4.74 Å². The number of carbonyl (C=O) groups excluding carboxylic acids is 3. The van der Waals surface area contributed by atoms with Gasteiger partial charge in [-0.3, -0.25) is 9.59 Å². The van der Waals surface area contributed by atoms with E-state index in [1.807, 2.05) is 13.8 Å². The van der Waals surface area contributed by atoms with Gasteiger partial charge in [-0.25, -0.2) is 9.78 Å². The Morgan fingerprint density at radius 2 is 1.85 bits per heavy atom. The normalized spacial score (nSPS) is 12.9. The van der Waals surface area contributed by atoms with E-state index in [0.29, 0.717) is 5.82 Å². The number of amides is 2. The number of nitrogens with one attached hydrogen (secondary N) is 2. The van der Waals surface area contributed by atoms with Gasteiger partial charge in [0.05, 0.1) is 25.4 Å². The SMILES string of the molecule is COC(=O)CC(C)(C)n1cnc(NC(=O)C(C)NC(=O)OC(C)(C)C)c1. The van der Waals surface area contributed by atoms with Crippen LogP contribution in [0.1, 0.15) is 48.0 Å². The molecule has 2 amide bonds. The van der Waals surface area contributed by atoms with E-state index in [1.54, 1.807) is 31.5 Å². The van der Waals surface area contributed by atoms with Crippen molar-refractivity contribution in [3.05, 3.63) is 12.5 Å². The van der Waals surface area contributed by atoms with Gasteiger partial charge in [0.1, 0.15) is 11.6 Å². The van der Waals surface area contributed by atoms with E-state index in [-0.39, 0.29) is 12.4 Å².